The highest BCUT2D eigenvalue weighted by molar-refractivity contribution is 5.95. The van der Waals surface area contributed by atoms with E-state index in [0.717, 1.165) is 35.4 Å². The van der Waals surface area contributed by atoms with Gasteiger partial charge in [0.05, 0.1) is 41.3 Å². The van der Waals surface area contributed by atoms with Crippen molar-refractivity contribution in [2.75, 3.05) is 13.2 Å². The van der Waals surface area contributed by atoms with Gasteiger partial charge >= 0.3 is 5.97 Å². The van der Waals surface area contributed by atoms with E-state index >= 15 is 0 Å². The van der Waals surface area contributed by atoms with Crippen molar-refractivity contribution in [3.8, 4) is 5.69 Å². The third-order valence-corrected chi connectivity index (χ3v) is 6.10. The van der Waals surface area contributed by atoms with Crippen LogP contribution in [0.1, 0.15) is 58.0 Å². The smallest absolute Gasteiger partial charge is 0.341 e. The van der Waals surface area contributed by atoms with Gasteiger partial charge in [-0.25, -0.2) is 14.5 Å². The van der Waals surface area contributed by atoms with Crippen LogP contribution in [0.15, 0.2) is 54.7 Å². The predicted octanol–water partition coefficient (Wildman–Crippen LogP) is 4.21. The van der Waals surface area contributed by atoms with Gasteiger partial charge in [-0.1, -0.05) is 12.1 Å². The van der Waals surface area contributed by atoms with Crippen molar-refractivity contribution in [2.24, 2.45) is 0 Å². The zero-order chi connectivity index (χ0) is 22.9. The van der Waals surface area contributed by atoms with E-state index in [9.17, 15) is 9.59 Å². The van der Waals surface area contributed by atoms with Gasteiger partial charge in [0.1, 0.15) is 11.4 Å². The Hall–Kier alpha value is -3.94. The summed E-state index contributed by atoms with van der Waals surface area (Å²) in [4.78, 5) is 35.4. The Morgan fingerprint density at radius 1 is 1.15 bits per heavy atom. The number of imidazole rings is 1. The highest BCUT2D eigenvalue weighted by Crippen LogP contribution is 2.32. The van der Waals surface area contributed by atoms with E-state index in [0.29, 0.717) is 30.0 Å². The average molecular weight is 444 g/mol. The van der Waals surface area contributed by atoms with E-state index in [1.54, 1.807) is 23.7 Å². The van der Waals surface area contributed by atoms with Gasteiger partial charge in [-0.3, -0.25) is 4.79 Å². The van der Waals surface area contributed by atoms with Crippen LogP contribution < -0.4 is 0 Å². The Labute approximate surface area is 191 Å². The summed E-state index contributed by atoms with van der Waals surface area (Å²) in [6, 6.07) is 15.1. The first-order valence-electron chi connectivity index (χ1n) is 11.1. The summed E-state index contributed by atoms with van der Waals surface area (Å²) >= 11 is 0. The van der Waals surface area contributed by atoms with Crippen LogP contribution in [0.5, 0.6) is 0 Å². The second-order valence-corrected chi connectivity index (χ2v) is 8.12. The first kappa shape index (κ1) is 20.9. The minimum Gasteiger partial charge on any atom is -0.462 e. The number of nitrogens with one attached hydrogen (secondary N) is 1. The second kappa shape index (κ2) is 8.54. The molecule has 1 aliphatic rings. The number of aromatic amines is 1. The van der Waals surface area contributed by atoms with Crippen LogP contribution in [-0.2, 0) is 4.74 Å². The van der Waals surface area contributed by atoms with Crippen LogP contribution in [0.3, 0.4) is 0 Å². The Morgan fingerprint density at radius 3 is 2.70 bits per heavy atom. The van der Waals surface area contributed by atoms with Crippen molar-refractivity contribution in [2.45, 2.75) is 32.7 Å². The highest BCUT2D eigenvalue weighted by atomic mass is 16.5. The first-order valence-corrected chi connectivity index (χ1v) is 11.1. The number of rotatable bonds is 5. The van der Waals surface area contributed by atoms with E-state index in [-0.39, 0.29) is 11.9 Å². The van der Waals surface area contributed by atoms with Crippen LogP contribution in [-0.4, -0.2) is 49.7 Å². The van der Waals surface area contributed by atoms with Gasteiger partial charge in [0.2, 0.25) is 0 Å². The minimum atomic E-state index is -0.390. The summed E-state index contributed by atoms with van der Waals surface area (Å²) < 4.78 is 6.76. The standard InChI is InChI=1S/C25H25N5O3/c1-3-33-25(32)19-15-26-30(16(19)2)18-12-10-17(11-13-18)24(31)29-14-6-9-22(29)23-27-20-7-4-5-8-21(20)28-23/h4-5,7-8,10-13,15,22H,3,6,9,14H2,1-2H3,(H,27,28). The number of aromatic nitrogens is 4. The summed E-state index contributed by atoms with van der Waals surface area (Å²) in [7, 11) is 0. The zero-order valence-electron chi connectivity index (χ0n) is 18.6. The number of para-hydroxylation sites is 2. The van der Waals surface area contributed by atoms with Gasteiger partial charge in [-0.2, -0.15) is 5.10 Å². The van der Waals surface area contributed by atoms with Gasteiger partial charge in [0.25, 0.3) is 5.91 Å². The lowest BCUT2D eigenvalue weighted by atomic mass is 10.1. The second-order valence-electron chi connectivity index (χ2n) is 8.12. The van der Waals surface area contributed by atoms with Crippen LogP contribution in [0.2, 0.25) is 0 Å². The number of amides is 1. The van der Waals surface area contributed by atoms with E-state index in [1.807, 2.05) is 48.2 Å². The molecular formula is C25H25N5O3. The number of ether oxygens (including phenoxy) is 1. The molecule has 1 N–H and O–H groups in total. The van der Waals surface area contributed by atoms with E-state index < -0.39 is 5.97 Å². The highest BCUT2D eigenvalue weighted by Gasteiger charge is 2.32. The van der Waals surface area contributed by atoms with E-state index in [1.165, 1.54) is 6.20 Å². The Balaban J connectivity index is 1.37. The number of hydrogen-bond donors (Lipinski definition) is 1. The largest absolute Gasteiger partial charge is 0.462 e. The quantitative estimate of drug-likeness (QED) is 0.467. The molecule has 1 amide bonds. The number of fused-ring (bicyclic) bond motifs is 1. The molecule has 2 aromatic carbocycles. The molecule has 8 heteroatoms. The Bertz CT molecular complexity index is 1290. The number of likely N-dealkylation sites (tertiary alicyclic amines) is 1. The third-order valence-electron chi connectivity index (χ3n) is 6.10. The van der Waals surface area contributed by atoms with Crippen molar-refractivity contribution < 1.29 is 14.3 Å². The summed E-state index contributed by atoms with van der Waals surface area (Å²) in [5.41, 5.74) is 4.40. The fraction of sp³-hybridized carbons (Fsp3) is 0.280. The van der Waals surface area contributed by atoms with Gasteiger partial charge in [-0.15, -0.1) is 0 Å². The van der Waals surface area contributed by atoms with Crippen molar-refractivity contribution >= 4 is 22.9 Å². The molecule has 8 nitrogen and oxygen atoms in total. The molecular weight excluding hydrogens is 418 g/mol. The van der Waals surface area contributed by atoms with Crippen LogP contribution in [0, 0.1) is 6.92 Å². The van der Waals surface area contributed by atoms with Crippen molar-refractivity contribution in [3.05, 3.63) is 77.4 Å². The number of benzene rings is 2. The number of esters is 1. The summed E-state index contributed by atoms with van der Waals surface area (Å²) in [6.07, 6.45) is 3.33. The number of hydrogen-bond acceptors (Lipinski definition) is 5. The molecule has 168 valence electrons. The number of H-pyrrole nitrogens is 1. The van der Waals surface area contributed by atoms with Crippen LogP contribution in [0.4, 0.5) is 0 Å². The molecule has 3 heterocycles. The summed E-state index contributed by atoms with van der Waals surface area (Å²) in [6.45, 7) is 4.60. The monoisotopic (exact) mass is 443 g/mol. The van der Waals surface area contributed by atoms with Gasteiger partial charge in [0.15, 0.2) is 0 Å². The molecule has 2 aromatic heterocycles. The Morgan fingerprint density at radius 2 is 1.94 bits per heavy atom. The van der Waals surface area contributed by atoms with Gasteiger partial charge in [0, 0.05) is 12.1 Å². The molecule has 1 aliphatic heterocycles. The lowest BCUT2D eigenvalue weighted by molar-refractivity contribution is 0.0525. The molecule has 0 bridgehead atoms. The molecule has 33 heavy (non-hydrogen) atoms. The van der Waals surface area contributed by atoms with E-state index in [2.05, 4.69) is 10.1 Å². The molecule has 0 spiro atoms. The number of carbonyl (C=O) groups excluding carboxylic acids is 2. The Kier molecular flexibility index (Phi) is 5.42. The molecule has 0 radical (unpaired) electrons. The van der Waals surface area contributed by atoms with Crippen molar-refractivity contribution in [1.82, 2.24) is 24.6 Å². The molecule has 1 atom stereocenters. The molecule has 1 fully saturated rings. The predicted molar refractivity (Wildman–Crippen MR) is 123 cm³/mol. The minimum absolute atomic E-state index is 0.0195. The molecule has 4 aromatic rings. The SMILES string of the molecule is CCOC(=O)c1cnn(-c2ccc(C(=O)N3CCCC3c3nc4ccccc4[nH]3)cc2)c1C. The lowest BCUT2D eigenvalue weighted by Gasteiger charge is -2.23. The molecule has 1 saturated heterocycles. The topological polar surface area (TPSA) is 93.1 Å². The maximum atomic E-state index is 13.3. The third kappa shape index (κ3) is 3.77. The summed E-state index contributed by atoms with van der Waals surface area (Å²) in [5, 5.41) is 4.32. The van der Waals surface area contributed by atoms with Crippen LogP contribution >= 0.6 is 0 Å². The fourth-order valence-electron chi connectivity index (χ4n) is 4.41. The summed E-state index contributed by atoms with van der Waals surface area (Å²) in [5.74, 6) is 0.421. The van der Waals surface area contributed by atoms with Crippen molar-refractivity contribution in [1.29, 1.82) is 0 Å². The maximum absolute atomic E-state index is 13.3. The molecule has 0 saturated carbocycles. The van der Waals surface area contributed by atoms with Crippen LogP contribution in [0.25, 0.3) is 16.7 Å². The molecule has 1 unspecified atom stereocenters. The first-order chi connectivity index (χ1) is 16.1. The van der Waals surface area contributed by atoms with E-state index in [4.69, 9.17) is 9.72 Å². The van der Waals surface area contributed by atoms with Gasteiger partial charge in [-0.05, 0) is 63.1 Å². The maximum Gasteiger partial charge on any atom is 0.341 e. The average Bonchev–Trinajstić information content (AvgIpc) is 3.56. The lowest BCUT2D eigenvalue weighted by Crippen LogP contribution is -2.31. The molecule has 5 rings (SSSR count). The number of carbonyl (C=O) groups is 2. The normalized spacial score (nSPS) is 15.8. The molecule has 0 aliphatic carbocycles. The fourth-order valence-corrected chi connectivity index (χ4v) is 4.41. The van der Waals surface area contributed by atoms with Crippen molar-refractivity contribution in [3.63, 3.8) is 0 Å². The zero-order valence-corrected chi connectivity index (χ0v) is 18.6. The number of nitrogens with zero attached hydrogens (tertiary/aromatic N) is 4. The van der Waals surface area contributed by atoms with Gasteiger partial charge < -0.3 is 14.6 Å².